The van der Waals surface area contributed by atoms with E-state index in [1.807, 2.05) is 0 Å². The summed E-state index contributed by atoms with van der Waals surface area (Å²) in [6.07, 6.45) is -1.99. The molecule has 0 bridgehead atoms. The molecule has 1 atom stereocenters. The van der Waals surface area contributed by atoms with Gasteiger partial charge in [0.1, 0.15) is 22.1 Å². The molecule has 0 saturated heterocycles. The number of hydrogen-bond donors (Lipinski definition) is 5. The summed E-state index contributed by atoms with van der Waals surface area (Å²) in [7, 11) is 0. The van der Waals surface area contributed by atoms with Crippen molar-refractivity contribution >= 4 is 40.1 Å². The minimum atomic E-state index is -4.70. The molecule has 238 valence electrons. The molecule has 2 aromatic carbocycles. The lowest BCUT2D eigenvalue weighted by Crippen LogP contribution is -2.28. The molecule has 3 heterocycles. The maximum atomic E-state index is 13.4. The zero-order valence-corrected chi connectivity index (χ0v) is 24.8. The normalized spacial score (nSPS) is 12.2. The second-order valence-electron chi connectivity index (χ2n) is 10.2. The number of fused-ring (bicyclic) bond motifs is 1. The van der Waals surface area contributed by atoms with Crippen molar-refractivity contribution in [3.63, 3.8) is 0 Å². The van der Waals surface area contributed by atoms with Gasteiger partial charge < -0.3 is 25.2 Å². The van der Waals surface area contributed by atoms with Gasteiger partial charge in [-0.1, -0.05) is 18.2 Å². The van der Waals surface area contributed by atoms with E-state index in [-0.39, 0.29) is 39.5 Å². The van der Waals surface area contributed by atoms with Crippen LogP contribution in [0.3, 0.4) is 0 Å². The fourth-order valence-electron chi connectivity index (χ4n) is 4.91. The van der Waals surface area contributed by atoms with Gasteiger partial charge in [-0.3, -0.25) is 10.1 Å². The molecule has 5 rings (SSSR count). The summed E-state index contributed by atoms with van der Waals surface area (Å²) in [5, 5.41) is 35.6. The van der Waals surface area contributed by atoms with E-state index in [4.69, 9.17) is 0 Å². The molecule has 0 radical (unpaired) electrons. The van der Waals surface area contributed by atoms with E-state index in [9.17, 15) is 42.9 Å². The standard InChI is InChI=1S/C31H26F3N5O6S/c1-2-35-30(45)38-26-11-20(28-37-25(15-46-28)31(32,33)34)22(12-36-26)17-5-8-24-21(10-17)27(42)23(29(43)44)13-39(24)18(14-40)9-16-3-6-19(41)7-4-16/h3-8,10-13,15,18,40-41H,2,9,14H2,1H3,(H,43,44)(H2,35,36,38,45). The molecule has 0 aliphatic carbocycles. The van der Waals surface area contributed by atoms with Crippen LogP contribution in [0.4, 0.5) is 23.8 Å². The number of phenolic OH excluding ortho intramolecular Hbond substituents is 1. The number of alkyl halides is 3. The first-order valence-electron chi connectivity index (χ1n) is 13.8. The number of aromatic nitrogens is 3. The fourth-order valence-corrected chi connectivity index (χ4v) is 5.77. The number of carboxylic acid groups (broad SMARTS) is 1. The summed E-state index contributed by atoms with van der Waals surface area (Å²) in [6.45, 7) is 1.60. The van der Waals surface area contributed by atoms with E-state index in [0.717, 1.165) is 28.5 Å². The maximum Gasteiger partial charge on any atom is 0.434 e. The van der Waals surface area contributed by atoms with E-state index in [2.05, 4.69) is 20.6 Å². The van der Waals surface area contributed by atoms with Crippen molar-refractivity contribution in [2.45, 2.75) is 25.6 Å². The number of aliphatic hydroxyl groups excluding tert-OH is 1. The number of rotatable bonds is 9. The van der Waals surface area contributed by atoms with Crippen LogP contribution < -0.4 is 16.1 Å². The summed E-state index contributed by atoms with van der Waals surface area (Å²) < 4.78 is 41.8. The fraction of sp³-hybridized carbons (Fsp3) is 0.194. The van der Waals surface area contributed by atoms with Gasteiger partial charge in [-0.25, -0.2) is 19.6 Å². The lowest BCUT2D eigenvalue weighted by Gasteiger charge is -2.22. The molecule has 5 N–H and O–H groups in total. The van der Waals surface area contributed by atoms with Crippen LogP contribution in [0, 0.1) is 0 Å². The van der Waals surface area contributed by atoms with Crippen molar-refractivity contribution in [3.05, 3.63) is 93.3 Å². The predicted molar refractivity (Wildman–Crippen MR) is 165 cm³/mol. The number of phenols is 1. The molecule has 3 aromatic heterocycles. The molecule has 46 heavy (non-hydrogen) atoms. The van der Waals surface area contributed by atoms with E-state index in [1.54, 1.807) is 31.2 Å². The number of aliphatic hydroxyl groups is 1. The minimum Gasteiger partial charge on any atom is -0.508 e. The Hall–Kier alpha value is -5.28. The third-order valence-corrected chi connectivity index (χ3v) is 7.97. The van der Waals surface area contributed by atoms with Crippen LogP contribution in [-0.2, 0) is 12.6 Å². The number of urea groups is 1. The maximum absolute atomic E-state index is 13.4. The number of pyridine rings is 2. The predicted octanol–water partition coefficient (Wildman–Crippen LogP) is 5.53. The van der Waals surface area contributed by atoms with Crippen LogP contribution in [-0.4, -0.2) is 55.0 Å². The summed E-state index contributed by atoms with van der Waals surface area (Å²) in [6, 6.07) is 10.9. The van der Waals surface area contributed by atoms with Gasteiger partial charge >= 0.3 is 18.2 Å². The van der Waals surface area contributed by atoms with Crippen molar-refractivity contribution in [3.8, 4) is 27.4 Å². The summed E-state index contributed by atoms with van der Waals surface area (Å²) in [5.41, 5.74) is -0.677. The van der Waals surface area contributed by atoms with Crippen LogP contribution in [0.1, 0.15) is 34.6 Å². The Kier molecular flexibility index (Phi) is 9.07. The summed E-state index contributed by atoms with van der Waals surface area (Å²) in [4.78, 5) is 45.7. The number of nitrogens with one attached hydrogen (secondary N) is 2. The molecule has 5 aromatic rings. The Morgan fingerprint density at radius 3 is 2.46 bits per heavy atom. The third-order valence-electron chi connectivity index (χ3n) is 7.09. The van der Waals surface area contributed by atoms with Crippen LogP contribution >= 0.6 is 11.3 Å². The van der Waals surface area contributed by atoms with E-state index >= 15 is 0 Å². The monoisotopic (exact) mass is 653 g/mol. The van der Waals surface area contributed by atoms with Crippen molar-refractivity contribution < 1.29 is 38.1 Å². The lowest BCUT2D eigenvalue weighted by molar-refractivity contribution is -0.140. The van der Waals surface area contributed by atoms with Crippen LogP contribution in [0.5, 0.6) is 5.75 Å². The number of hydrogen-bond acceptors (Lipinski definition) is 8. The van der Waals surface area contributed by atoms with Crippen LogP contribution in [0.15, 0.2) is 71.1 Å². The summed E-state index contributed by atoms with van der Waals surface area (Å²) >= 11 is 0.726. The van der Waals surface area contributed by atoms with Crippen molar-refractivity contribution in [2.75, 3.05) is 18.5 Å². The number of carbonyl (C=O) groups excluding carboxylic acids is 1. The van der Waals surface area contributed by atoms with Gasteiger partial charge in [0.25, 0.3) is 0 Å². The Morgan fingerprint density at radius 2 is 1.83 bits per heavy atom. The number of thiazole rings is 1. The SMILES string of the molecule is CCNC(=O)Nc1cc(-c2nc(C(F)(F)F)cs2)c(-c2ccc3c(c2)c(=O)c(C(=O)O)cn3C(CO)Cc2ccc(O)cc2)cn1. The Morgan fingerprint density at radius 1 is 1.09 bits per heavy atom. The first-order valence-corrected chi connectivity index (χ1v) is 14.7. The molecule has 0 aliphatic heterocycles. The highest BCUT2D eigenvalue weighted by atomic mass is 32.1. The van der Waals surface area contributed by atoms with E-state index in [0.29, 0.717) is 17.6 Å². The van der Waals surface area contributed by atoms with E-state index in [1.165, 1.54) is 35.0 Å². The number of carboxylic acids is 1. The van der Waals surface area contributed by atoms with Gasteiger partial charge in [0, 0.05) is 40.8 Å². The summed E-state index contributed by atoms with van der Waals surface area (Å²) in [5.74, 6) is -1.41. The topological polar surface area (TPSA) is 167 Å². The number of anilines is 1. The highest BCUT2D eigenvalue weighted by Gasteiger charge is 2.34. The van der Waals surface area contributed by atoms with Crippen molar-refractivity contribution in [1.29, 1.82) is 0 Å². The number of nitrogens with zero attached hydrogens (tertiary/aromatic N) is 3. The molecule has 1 unspecified atom stereocenters. The number of amides is 2. The van der Waals surface area contributed by atoms with Gasteiger partial charge in [-0.05, 0) is 54.8 Å². The zero-order chi connectivity index (χ0) is 33.2. The first kappa shape index (κ1) is 32.1. The number of halogens is 3. The molecule has 0 spiro atoms. The highest BCUT2D eigenvalue weighted by molar-refractivity contribution is 7.13. The second kappa shape index (κ2) is 13.0. The molecule has 0 saturated carbocycles. The largest absolute Gasteiger partial charge is 0.508 e. The smallest absolute Gasteiger partial charge is 0.434 e. The molecular weight excluding hydrogens is 627 g/mol. The number of benzene rings is 2. The van der Waals surface area contributed by atoms with Crippen LogP contribution in [0.2, 0.25) is 0 Å². The van der Waals surface area contributed by atoms with Gasteiger partial charge in [-0.15, -0.1) is 11.3 Å². The van der Waals surface area contributed by atoms with Gasteiger partial charge in [0.05, 0.1) is 18.2 Å². The molecule has 11 nitrogen and oxygen atoms in total. The van der Waals surface area contributed by atoms with Crippen molar-refractivity contribution in [2.24, 2.45) is 0 Å². The minimum absolute atomic E-state index is 0.0212. The Bertz CT molecular complexity index is 1990. The third kappa shape index (κ3) is 6.69. The average molecular weight is 654 g/mol. The Labute approximate surface area is 262 Å². The lowest BCUT2D eigenvalue weighted by atomic mass is 9.98. The Balaban J connectivity index is 1.67. The molecule has 0 fully saturated rings. The zero-order valence-electron chi connectivity index (χ0n) is 24.0. The number of carbonyl (C=O) groups is 2. The van der Waals surface area contributed by atoms with Crippen molar-refractivity contribution in [1.82, 2.24) is 19.9 Å². The number of aromatic carboxylic acids is 1. The average Bonchev–Trinajstić information content (AvgIpc) is 3.52. The second-order valence-corrected chi connectivity index (χ2v) is 11.0. The van der Waals surface area contributed by atoms with Gasteiger partial charge in [0.15, 0.2) is 5.69 Å². The van der Waals surface area contributed by atoms with E-state index < -0.39 is 47.5 Å². The first-order chi connectivity index (χ1) is 21.9. The van der Waals surface area contributed by atoms with Gasteiger partial charge in [0.2, 0.25) is 5.43 Å². The molecule has 15 heteroatoms. The highest BCUT2D eigenvalue weighted by Crippen LogP contribution is 2.39. The molecule has 2 amide bonds. The van der Waals surface area contributed by atoms with Crippen LogP contribution in [0.25, 0.3) is 32.6 Å². The van der Waals surface area contributed by atoms with Gasteiger partial charge in [-0.2, -0.15) is 13.2 Å². The quantitative estimate of drug-likeness (QED) is 0.139. The molecular formula is C31H26F3N5O6S. The number of aromatic hydroxyl groups is 1. The molecule has 0 aliphatic rings.